The molecular weight excluding hydrogens is 316 g/mol. The van der Waals surface area contributed by atoms with Crippen molar-refractivity contribution >= 4 is 0 Å². The van der Waals surface area contributed by atoms with Gasteiger partial charge in [-0.25, -0.2) is 0 Å². The topological polar surface area (TPSA) is 61.0 Å². The summed E-state index contributed by atoms with van der Waals surface area (Å²) in [4.78, 5) is 2.51. The zero-order chi connectivity index (χ0) is 17.4. The molecule has 1 aliphatic heterocycles. The second-order valence-corrected chi connectivity index (χ2v) is 7.57. The molecule has 0 saturated heterocycles. The molecule has 1 fully saturated rings. The number of ether oxygens (including phenoxy) is 1. The Hall–Kier alpha value is -1.73. The van der Waals surface area contributed by atoms with E-state index in [2.05, 4.69) is 37.8 Å². The third-order valence-electron chi connectivity index (χ3n) is 5.36. The molecule has 2 aromatic rings. The van der Waals surface area contributed by atoms with Crippen LogP contribution < -0.4 is 0 Å². The minimum atomic E-state index is 0.431. The number of fused-ring (bicyclic) bond motifs is 1. The van der Waals surface area contributed by atoms with E-state index in [4.69, 9.17) is 4.74 Å². The van der Waals surface area contributed by atoms with Gasteiger partial charge in [-0.15, -0.1) is 10.2 Å². The average Bonchev–Trinajstić information content (AvgIpc) is 3.27. The summed E-state index contributed by atoms with van der Waals surface area (Å²) in [6.07, 6.45) is 3.56. The van der Waals surface area contributed by atoms with Gasteiger partial charge in [0.1, 0.15) is 12.4 Å². The number of hydrogen-bond acceptors (Lipinski definition) is 5. The maximum absolute atomic E-state index is 5.83. The first kappa shape index (κ1) is 16.7. The highest BCUT2D eigenvalue weighted by Gasteiger charge is 2.25. The Bertz CT molecular complexity index is 732. The highest BCUT2D eigenvalue weighted by atomic mass is 16.5. The SMILES string of the molecule is Cc1cc(CN2CCn3c(COCC4CC4)nnc3C[C@H]2C)n(C)n1. The zero-order valence-corrected chi connectivity index (χ0v) is 15.5. The van der Waals surface area contributed by atoms with Crippen LogP contribution in [0.3, 0.4) is 0 Å². The largest absolute Gasteiger partial charge is 0.373 e. The van der Waals surface area contributed by atoms with Gasteiger partial charge in [-0.3, -0.25) is 9.58 Å². The van der Waals surface area contributed by atoms with E-state index in [0.717, 1.165) is 55.9 Å². The van der Waals surface area contributed by atoms with Gasteiger partial charge in [0.25, 0.3) is 0 Å². The van der Waals surface area contributed by atoms with Crippen molar-refractivity contribution in [1.82, 2.24) is 29.4 Å². The van der Waals surface area contributed by atoms with Crippen molar-refractivity contribution in [3.63, 3.8) is 0 Å². The lowest BCUT2D eigenvalue weighted by molar-refractivity contribution is 0.103. The predicted molar refractivity (Wildman–Crippen MR) is 93.9 cm³/mol. The van der Waals surface area contributed by atoms with Crippen LogP contribution in [0, 0.1) is 12.8 Å². The van der Waals surface area contributed by atoms with Crippen LogP contribution in [-0.2, 0) is 37.9 Å². The van der Waals surface area contributed by atoms with Crippen LogP contribution in [0.4, 0.5) is 0 Å². The van der Waals surface area contributed by atoms with E-state index >= 15 is 0 Å². The summed E-state index contributed by atoms with van der Waals surface area (Å²) >= 11 is 0. The highest BCUT2D eigenvalue weighted by Crippen LogP contribution is 2.29. The molecule has 25 heavy (non-hydrogen) atoms. The smallest absolute Gasteiger partial charge is 0.159 e. The van der Waals surface area contributed by atoms with E-state index < -0.39 is 0 Å². The van der Waals surface area contributed by atoms with Crippen LogP contribution in [0.1, 0.15) is 42.8 Å². The molecule has 1 aliphatic carbocycles. The van der Waals surface area contributed by atoms with Crippen molar-refractivity contribution in [2.45, 2.75) is 58.8 Å². The number of aryl methyl sites for hydroxylation is 2. The molecule has 4 rings (SSSR count). The first-order valence-corrected chi connectivity index (χ1v) is 9.32. The fourth-order valence-corrected chi connectivity index (χ4v) is 3.59. The Kier molecular flexibility index (Phi) is 4.60. The van der Waals surface area contributed by atoms with E-state index in [9.17, 15) is 0 Å². The third-order valence-corrected chi connectivity index (χ3v) is 5.36. The van der Waals surface area contributed by atoms with Gasteiger partial charge in [0, 0.05) is 45.8 Å². The Morgan fingerprint density at radius 1 is 1.24 bits per heavy atom. The van der Waals surface area contributed by atoms with Gasteiger partial charge in [-0.2, -0.15) is 5.10 Å². The van der Waals surface area contributed by atoms with Crippen molar-refractivity contribution in [1.29, 1.82) is 0 Å². The highest BCUT2D eigenvalue weighted by molar-refractivity contribution is 5.09. The lowest BCUT2D eigenvalue weighted by atomic mass is 10.2. The molecule has 2 aliphatic rings. The van der Waals surface area contributed by atoms with Gasteiger partial charge in [-0.1, -0.05) is 0 Å². The van der Waals surface area contributed by atoms with Gasteiger partial charge in [-0.05, 0) is 38.7 Å². The van der Waals surface area contributed by atoms with Crippen molar-refractivity contribution in [3.8, 4) is 0 Å². The molecule has 7 nitrogen and oxygen atoms in total. The molecule has 1 atom stereocenters. The van der Waals surface area contributed by atoms with Crippen LogP contribution >= 0.6 is 0 Å². The Morgan fingerprint density at radius 2 is 2.08 bits per heavy atom. The fraction of sp³-hybridized carbons (Fsp3) is 0.722. The molecule has 0 spiro atoms. The molecule has 7 heteroatoms. The number of nitrogens with zero attached hydrogens (tertiary/aromatic N) is 6. The maximum atomic E-state index is 5.83. The monoisotopic (exact) mass is 344 g/mol. The number of aromatic nitrogens is 5. The third kappa shape index (κ3) is 3.77. The maximum Gasteiger partial charge on any atom is 0.159 e. The first-order chi connectivity index (χ1) is 12.1. The van der Waals surface area contributed by atoms with Gasteiger partial charge < -0.3 is 9.30 Å². The molecule has 0 radical (unpaired) electrons. The number of hydrogen-bond donors (Lipinski definition) is 0. The minimum Gasteiger partial charge on any atom is -0.373 e. The molecule has 0 aromatic carbocycles. The van der Waals surface area contributed by atoms with E-state index in [1.54, 1.807) is 0 Å². The minimum absolute atomic E-state index is 0.431. The lowest BCUT2D eigenvalue weighted by Crippen LogP contribution is -2.35. The van der Waals surface area contributed by atoms with Crippen LogP contribution in [0.15, 0.2) is 6.07 Å². The first-order valence-electron chi connectivity index (χ1n) is 9.32. The fourth-order valence-electron chi connectivity index (χ4n) is 3.59. The van der Waals surface area contributed by atoms with E-state index in [1.807, 2.05) is 18.7 Å². The standard InChI is InChI=1S/C18H28N6O/c1-13-8-16(22(3)21-13)10-23-6-7-24-17(9-14(23)2)19-20-18(24)12-25-11-15-4-5-15/h8,14-15H,4-7,9-12H2,1-3H3/t14-/m1/s1. The molecule has 136 valence electrons. The Morgan fingerprint density at radius 3 is 2.80 bits per heavy atom. The quantitative estimate of drug-likeness (QED) is 0.798. The van der Waals surface area contributed by atoms with E-state index in [0.29, 0.717) is 12.6 Å². The summed E-state index contributed by atoms with van der Waals surface area (Å²) < 4.78 is 10.1. The van der Waals surface area contributed by atoms with Gasteiger partial charge in [0.2, 0.25) is 0 Å². The van der Waals surface area contributed by atoms with E-state index in [1.165, 1.54) is 18.5 Å². The van der Waals surface area contributed by atoms with Crippen molar-refractivity contribution in [2.24, 2.45) is 13.0 Å². The molecular formula is C18H28N6O. The second-order valence-electron chi connectivity index (χ2n) is 7.57. The average molecular weight is 344 g/mol. The number of rotatable bonds is 6. The predicted octanol–water partition coefficient (Wildman–Crippen LogP) is 1.69. The van der Waals surface area contributed by atoms with Crippen molar-refractivity contribution in [3.05, 3.63) is 29.1 Å². The van der Waals surface area contributed by atoms with Gasteiger partial charge >= 0.3 is 0 Å². The van der Waals surface area contributed by atoms with Crippen LogP contribution in [0.2, 0.25) is 0 Å². The molecule has 0 bridgehead atoms. The molecule has 0 amide bonds. The summed E-state index contributed by atoms with van der Waals surface area (Å²) in [5.74, 6) is 2.84. The Labute approximate surface area is 149 Å². The molecule has 2 aromatic heterocycles. The Balaban J connectivity index is 1.41. The molecule has 1 saturated carbocycles. The van der Waals surface area contributed by atoms with Crippen molar-refractivity contribution < 1.29 is 4.74 Å². The molecule has 3 heterocycles. The van der Waals surface area contributed by atoms with Gasteiger partial charge in [0.15, 0.2) is 5.82 Å². The summed E-state index contributed by atoms with van der Waals surface area (Å²) in [7, 11) is 2.02. The summed E-state index contributed by atoms with van der Waals surface area (Å²) in [6, 6.07) is 2.61. The summed E-state index contributed by atoms with van der Waals surface area (Å²) in [6.45, 7) is 8.60. The summed E-state index contributed by atoms with van der Waals surface area (Å²) in [5.41, 5.74) is 2.34. The van der Waals surface area contributed by atoms with Crippen LogP contribution in [0.5, 0.6) is 0 Å². The van der Waals surface area contributed by atoms with Gasteiger partial charge in [0.05, 0.1) is 11.4 Å². The lowest BCUT2D eigenvalue weighted by Gasteiger charge is -2.26. The van der Waals surface area contributed by atoms with Crippen LogP contribution in [-0.4, -0.2) is 48.6 Å². The van der Waals surface area contributed by atoms with Crippen LogP contribution in [0.25, 0.3) is 0 Å². The normalized spacial score (nSPS) is 21.3. The second kappa shape index (κ2) is 6.88. The zero-order valence-electron chi connectivity index (χ0n) is 15.5. The van der Waals surface area contributed by atoms with Crippen molar-refractivity contribution in [2.75, 3.05) is 13.2 Å². The summed E-state index contributed by atoms with van der Waals surface area (Å²) in [5, 5.41) is 13.3. The molecule has 0 N–H and O–H groups in total. The molecule has 0 unspecified atom stereocenters. The van der Waals surface area contributed by atoms with E-state index in [-0.39, 0.29) is 0 Å².